The second-order valence-corrected chi connectivity index (χ2v) is 7.46. The van der Waals surface area contributed by atoms with Crippen LogP contribution in [0.4, 0.5) is 11.6 Å². The molecule has 0 aliphatic carbocycles. The number of aliphatic hydroxyl groups excluding tert-OH is 1. The molecule has 0 spiro atoms. The number of halogens is 1. The molecule has 0 saturated heterocycles. The largest absolute Gasteiger partial charge is 0.480 e. The Balaban J connectivity index is 2.16. The lowest BCUT2D eigenvalue weighted by atomic mass is 9.93. The Bertz CT molecular complexity index is 953. The molecule has 0 radical (unpaired) electrons. The van der Waals surface area contributed by atoms with E-state index in [2.05, 4.69) is 34.8 Å². The molecule has 3 rings (SSSR count). The summed E-state index contributed by atoms with van der Waals surface area (Å²) < 4.78 is 7.56. The van der Waals surface area contributed by atoms with E-state index in [4.69, 9.17) is 21.3 Å². The van der Waals surface area contributed by atoms with Crippen LogP contribution in [-0.2, 0) is 6.54 Å². The van der Waals surface area contributed by atoms with Crippen molar-refractivity contribution in [2.75, 3.05) is 19.0 Å². The number of hydrogen-bond donors (Lipinski definition) is 2. The van der Waals surface area contributed by atoms with Gasteiger partial charge in [0.25, 0.3) is 0 Å². The molecule has 2 N–H and O–H groups in total. The fraction of sp³-hybridized carbons (Fsp3) is 0.455. The average molecular weight is 417 g/mol. The Hall–Kier alpha value is -2.31. The van der Waals surface area contributed by atoms with Crippen LogP contribution in [0, 0.1) is 0 Å². The van der Waals surface area contributed by atoms with Crippen molar-refractivity contribution in [3.05, 3.63) is 41.0 Å². The lowest BCUT2D eigenvalue weighted by molar-refractivity contribution is 0.281. The summed E-state index contributed by atoms with van der Waals surface area (Å²) in [6.45, 7) is 5.32. The fourth-order valence-corrected chi connectivity index (χ4v) is 3.95. The summed E-state index contributed by atoms with van der Waals surface area (Å²) in [6, 6.07) is 7.83. The smallest absolute Gasteiger partial charge is 0.237 e. The van der Waals surface area contributed by atoms with E-state index in [1.165, 1.54) is 5.56 Å². The van der Waals surface area contributed by atoms with E-state index in [0.29, 0.717) is 22.8 Å². The Morgan fingerprint density at radius 1 is 1.21 bits per heavy atom. The molecule has 1 aromatic carbocycles. The van der Waals surface area contributed by atoms with E-state index in [1.807, 2.05) is 18.2 Å². The van der Waals surface area contributed by atoms with Crippen molar-refractivity contribution in [2.45, 2.75) is 52.0 Å². The molecule has 0 unspecified atom stereocenters. The molecule has 0 atom stereocenters. The number of hydrogen-bond acceptors (Lipinski definition) is 5. The molecule has 2 heterocycles. The zero-order valence-corrected chi connectivity index (χ0v) is 18.0. The molecule has 0 amide bonds. The lowest BCUT2D eigenvalue weighted by Crippen LogP contribution is -2.08. The Labute approximate surface area is 176 Å². The maximum absolute atomic E-state index is 9.26. The summed E-state index contributed by atoms with van der Waals surface area (Å²) in [5.41, 5.74) is 3.87. The predicted octanol–water partition coefficient (Wildman–Crippen LogP) is 5.51. The molecular formula is C22H29ClN4O2. The van der Waals surface area contributed by atoms with Crippen LogP contribution in [0.1, 0.15) is 51.0 Å². The molecule has 2 aromatic heterocycles. The summed E-state index contributed by atoms with van der Waals surface area (Å²) in [5, 5.41) is 13.3. The van der Waals surface area contributed by atoms with Crippen LogP contribution in [0.25, 0.3) is 11.0 Å². The van der Waals surface area contributed by atoms with Gasteiger partial charge in [0.1, 0.15) is 11.2 Å². The summed E-state index contributed by atoms with van der Waals surface area (Å²) in [5.74, 6) is 1.64. The summed E-state index contributed by atoms with van der Waals surface area (Å²) in [7, 11) is 1.60. The number of aliphatic hydroxyl groups is 1. The van der Waals surface area contributed by atoms with Crippen LogP contribution in [0.15, 0.2) is 30.5 Å². The Kier molecular flexibility index (Phi) is 7.34. The third-order valence-corrected chi connectivity index (χ3v) is 5.61. The van der Waals surface area contributed by atoms with Crippen LogP contribution in [0.3, 0.4) is 0 Å². The van der Waals surface area contributed by atoms with Gasteiger partial charge in [-0.1, -0.05) is 31.5 Å². The van der Waals surface area contributed by atoms with Crippen molar-refractivity contribution in [1.82, 2.24) is 14.5 Å². The molecule has 0 fully saturated rings. The van der Waals surface area contributed by atoms with Crippen LogP contribution >= 0.6 is 11.6 Å². The van der Waals surface area contributed by atoms with Gasteiger partial charge in [-0.2, -0.15) is 0 Å². The second kappa shape index (κ2) is 9.94. The molecule has 0 aliphatic rings. The first-order valence-electron chi connectivity index (χ1n) is 10.2. The highest BCUT2D eigenvalue weighted by molar-refractivity contribution is 6.35. The van der Waals surface area contributed by atoms with E-state index < -0.39 is 0 Å². The van der Waals surface area contributed by atoms with Gasteiger partial charge in [-0.3, -0.25) is 0 Å². The molecule has 0 bridgehead atoms. The minimum atomic E-state index is 0.173. The van der Waals surface area contributed by atoms with Gasteiger partial charge in [0.2, 0.25) is 11.8 Å². The zero-order valence-electron chi connectivity index (χ0n) is 17.3. The normalized spacial score (nSPS) is 11.4. The number of benzene rings is 1. The SMILES string of the molecule is CCC(CC)c1ccc(Cl)c2nc(Nc3cccnc3OC)n(CCCCO)c12. The van der Waals surface area contributed by atoms with Gasteiger partial charge in [0.15, 0.2) is 0 Å². The fourth-order valence-electron chi connectivity index (χ4n) is 3.75. The van der Waals surface area contributed by atoms with E-state index in [0.717, 1.165) is 48.9 Å². The highest BCUT2D eigenvalue weighted by Gasteiger charge is 2.21. The molecule has 7 heteroatoms. The molecule has 6 nitrogen and oxygen atoms in total. The minimum Gasteiger partial charge on any atom is -0.480 e. The Morgan fingerprint density at radius 3 is 2.69 bits per heavy atom. The first kappa shape index (κ1) is 21.4. The van der Waals surface area contributed by atoms with E-state index >= 15 is 0 Å². The maximum atomic E-state index is 9.26. The maximum Gasteiger partial charge on any atom is 0.237 e. The van der Waals surface area contributed by atoms with E-state index in [1.54, 1.807) is 13.3 Å². The van der Waals surface area contributed by atoms with Gasteiger partial charge in [0, 0.05) is 19.3 Å². The number of ether oxygens (including phenoxy) is 1. The standard InChI is InChI=1S/C22H29ClN4O2/c1-4-15(5-2)16-10-11-17(23)19-20(16)27(13-6-7-14-28)22(26-19)25-18-9-8-12-24-21(18)29-3/h8-12,15,28H,4-7,13-14H2,1-3H3,(H,25,26). The number of anilines is 2. The van der Waals surface area contributed by atoms with Crippen molar-refractivity contribution in [2.24, 2.45) is 0 Å². The van der Waals surface area contributed by atoms with Gasteiger partial charge in [-0.05, 0) is 55.4 Å². The number of nitrogens with one attached hydrogen (secondary N) is 1. The van der Waals surface area contributed by atoms with Crippen LogP contribution in [-0.4, -0.2) is 33.4 Å². The second-order valence-electron chi connectivity index (χ2n) is 7.05. The number of fused-ring (bicyclic) bond motifs is 1. The van der Waals surface area contributed by atoms with Crippen LogP contribution in [0.5, 0.6) is 5.88 Å². The van der Waals surface area contributed by atoms with Gasteiger partial charge >= 0.3 is 0 Å². The highest BCUT2D eigenvalue weighted by Crippen LogP contribution is 2.37. The number of nitrogens with zero attached hydrogens (tertiary/aromatic N) is 3. The predicted molar refractivity (Wildman–Crippen MR) is 118 cm³/mol. The number of methoxy groups -OCH3 is 1. The van der Waals surface area contributed by atoms with Crippen molar-refractivity contribution in [3.63, 3.8) is 0 Å². The summed E-state index contributed by atoms with van der Waals surface area (Å²) in [4.78, 5) is 9.11. The molecule has 0 aliphatic heterocycles. The van der Waals surface area contributed by atoms with Crippen molar-refractivity contribution >= 4 is 34.3 Å². The van der Waals surface area contributed by atoms with E-state index in [9.17, 15) is 5.11 Å². The van der Waals surface area contributed by atoms with Gasteiger partial charge < -0.3 is 19.7 Å². The van der Waals surface area contributed by atoms with Gasteiger partial charge in [-0.25, -0.2) is 9.97 Å². The topological polar surface area (TPSA) is 72.2 Å². The quantitative estimate of drug-likeness (QED) is 0.426. The molecule has 156 valence electrons. The third-order valence-electron chi connectivity index (χ3n) is 5.30. The summed E-state index contributed by atoms with van der Waals surface area (Å²) in [6.07, 6.45) is 5.37. The lowest BCUT2D eigenvalue weighted by Gasteiger charge is -2.18. The number of unbranched alkanes of at least 4 members (excludes halogenated alkanes) is 1. The number of rotatable bonds is 10. The third kappa shape index (κ3) is 4.49. The van der Waals surface area contributed by atoms with Gasteiger partial charge in [0.05, 0.1) is 17.6 Å². The molecular weight excluding hydrogens is 388 g/mol. The zero-order chi connectivity index (χ0) is 20.8. The average Bonchev–Trinajstić information content (AvgIpc) is 3.10. The molecule has 3 aromatic rings. The summed E-state index contributed by atoms with van der Waals surface area (Å²) >= 11 is 6.55. The molecule has 29 heavy (non-hydrogen) atoms. The Morgan fingerprint density at radius 2 is 2.00 bits per heavy atom. The number of aromatic nitrogens is 3. The van der Waals surface area contributed by atoms with Crippen molar-refractivity contribution in [3.8, 4) is 5.88 Å². The number of pyridine rings is 1. The van der Waals surface area contributed by atoms with Crippen molar-refractivity contribution in [1.29, 1.82) is 0 Å². The number of aryl methyl sites for hydroxylation is 1. The van der Waals surface area contributed by atoms with Crippen molar-refractivity contribution < 1.29 is 9.84 Å². The highest BCUT2D eigenvalue weighted by atomic mass is 35.5. The van der Waals surface area contributed by atoms with Crippen LogP contribution < -0.4 is 10.1 Å². The van der Waals surface area contributed by atoms with E-state index in [-0.39, 0.29) is 6.61 Å². The molecule has 0 saturated carbocycles. The van der Waals surface area contributed by atoms with Gasteiger partial charge in [-0.15, -0.1) is 0 Å². The minimum absolute atomic E-state index is 0.173. The monoisotopic (exact) mass is 416 g/mol. The first-order chi connectivity index (χ1) is 14.1. The van der Waals surface area contributed by atoms with Crippen LogP contribution in [0.2, 0.25) is 5.02 Å². The number of imidazole rings is 1. The first-order valence-corrected chi connectivity index (χ1v) is 10.6.